The summed E-state index contributed by atoms with van der Waals surface area (Å²) in [4.78, 5) is 11.3. The Morgan fingerprint density at radius 3 is 2.64 bits per heavy atom. The molecule has 10 heteroatoms. The van der Waals surface area contributed by atoms with E-state index in [9.17, 15) is 22.4 Å². The van der Waals surface area contributed by atoms with Gasteiger partial charge in [-0.05, 0) is 42.0 Å². The highest BCUT2D eigenvalue weighted by Gasteiger charge is 2.31. The van der Waals surface area contributed by atoms with Crippen molar-refractivity contribution in [2.24, 2.45) is 5.84 Å². The lowest BCUT2D eigenvalue weighted by Gasteiger charge is -2.09. The Bertz CT molecular complexity index is 1080. The van der Waals surface area contributed by atoms with E-state index in [1.54, 1.807) is 0 Å². The van der Waals surface area contributed by atoms with Gasteiger partial charge in [0.25, 0.3) is 5.91 Å². The molecular weight excluding hydrogens is 400 g/mol. The summed E-state index contributed by atoms with van der Waals surface area (Å²) in [5, 5.41) is 4.78. The van der Waals surface area contributed by atoms with Crippen molar-refractivity contribution in [3.8, 4) is 0 Å². The monoisotopic (exact) mass is 412 g/mol. The highest BCUT2D eigenvalue weighted by Crippen LogP contribution is 2.33. The molecule has 0 aliphatic heterocycles. The van der Waals surface area contributed by atoms with Gasteiger partial charge in [0.1, 0.15) is 5.82 Å². The van der Waals surface area contributed by atoms with E-state index in [1.807, 2.05) is 5.43 Å². The zero-order valence-electron chi connectivity index (χ0n) is 14.1. The summed E-state index contributed by atoms with van der Waals surface area (Å²) < 4.78 is 53.9. The lowest BCUT2D eigenvalue weighted by Crippen LogP contribution is -2.27. The lowest BCUT2D eigenvalue weighted by molar-refractivity contribution is -0.137. The fraction of sp³-hybridized carbons (Fsp3) is 0.111. The molecule has 146 valence electrons. The van der Waals surface area contributed by atoms with Crippen molar-refractivity contribution in [1.82, 2.24) is 15.2 Å². The first-order chi connectivity index (χ1) is 13.2. The topological polar surface area (TPSA) is 72.9 Å². The third kappa shape index (κ3) is 4.15. The van der Waals surface area contributed by atoms with E-state index >= 15 is 0 Å². The van der Waals surface area contributed by atoms with Crippen molar-refractivity contribution < 1.29 is 22.4 Å². The maximum atomic E-state index is 13.2. The van der Waals surface area contributed by atoms with Crippen LogP contribution < -0.4 is 11.3 Å². The molecule has 0 fully saturated rings. The van der Waals surface area contributed by atoms with Gasteiger partial charge >= 0.3 is 6.18 Å². The van der Waals surface area contributed by atoms with Crippen LogP contribution in [-0.4, -0.2) is 15.7 Å². The van der Waals surface area contributed by atoms with Crippen LogP contribution in [0.25, 0.3) is 17.0 Å². The summed E-state index contributed by atoms with van der Waals surface area (Å²) in [5.41, 5.74) is 1.99. The molecule has 3 rings (SSSR count). The van der Waals surface area contributed by atoms with Crippen LogP contribution >= 0.6 is 11.6 Å². The molecule has 1 amide bonds. The molecule has 0 saturated heterocycles. The third-order valence-electron chi connectivity index (χ3n) is 3.98. The Morgan fingerprint density at radius 1 is 1.25 bits per heavy atom. The van der Waals surface area contributed by atoms with Gasteiger partial charge in [-0.25, -0.2) is 10.2 Å². The van der Waals surface area contributed by atoms with E-state index in [4.69, 9.17) is 17.4 Å². The summed E-state index contributed by atoms with van der Waals surface area (Å²) in [7, 11) is 0. The van der Waals surface area contributed by atoms with Gasteiger partial charge in [0.2, 0.25) is 0 Å². The van der Waals surface area contributed by atoms with E-state index in [-0.39, 0.29) is 22.8 Å². The summed E-state index contributed by atoms with van der Waals surface area (Å²) >= 11 is 6.02. The average molecular weight is 413 g/mol. The average Bonchev–Trinajstić information content (AvgIpc) is 2.98. The second-order valence-corrected chi connectivity index (χ2v) is 6.26. The highest BCUT2D eigenvalue weighted by atomic mass is 35.5. The number of fused-ring (bicyclic) bond motifs is 1. The van der Waals surface area contributed by atoms with Crippen molar-refractivity contribution >= 4 is 34.5 Å². The largest absolute Gasteiger partial charge is 0.416 e. The number of nitrogens with zero attached hydrogens (tertiary/aromatic N) is 2. The van der Waals surface area contributed by atoms with Gasteiger partial charge in [-0.1, -0.05) is 17.7 Å². The minimum atomic E-state index is -4.54. The number of amides is 1. The standard InChI is InChI=1S/C18H13ClF4N4O/c19-14-8-12(20)3-1-10(14)9-27-16-7-11(18(21,22)23)2-4-13(16)15(26-27)5-6-17(28)25-24/h1-8H,9,24H2,(H,25,28). The molecule has 0 radical (unpaired) electrons. The fourth-order valence-corrected chi connectivity index (χ4v) is 2.86. The Balaban J connectivity index is 2.13. The fourth-order valence-electron chi connectivity index (χ4n) is 2.63. The van der Waals surface area contributed by atoms with Gasteiger partial charge in [-0.15, -0.1) is 0 Å². The second kappa shape index (κ2) is 7.61. The van der Waals surface area contributed by atoms with Gasteiger partial charge in [0.15, 0.2) is 0 Å². The molecule has 1 aromatic heterocycles. The van der Waals surface area contributed by atoms with Crippen LogP contribution in [0.3, 0.4) is 0 Å². The van der Waals surface area contributed by atoms with Gasteiger partial charge in [-0.2, -0.15) is 18.3 Å². The van der Waals surface area contributed by atoms with E-state index in [0.29, 0.717) is 10.9 Å². The van der Waals surface area contributed by atoms with Crippen LogP contribution in [0.1, 0.15) is 16.8 Å². The molecule has 0 aliphatic rings. The van der Waals surface area contributed by atoms with Crippen LogP contribution in [0, 0.1) is 5.82 Å². The number of carbonyl (C=O) groups is 1. The summed E-state index contributed by atoms with van der Waals surface area (Å²) in [6.45, 7) is 0.00779. The smallest absolute Gasteiger partial charge is 0.291 e. The maximum absolute atomic E-state index is 13.2. The minimum absolute atomic E-state index is 0.00779. The predicted molar refractivity (Wildman–Crippen MR) is 96.6 cm³/mol. The van der Waals surface area contributed by atoms with Crippen molar-refractivity contribution in [2.75, 3.05) is 0 Å². The Morgan fingerprint density at radius 2 is 2.00 bits per heavy atom. The first kappa shape index (κ1) is 19.8. The number of alkyl halides is 3. The SMILES string of the molecule is NNC(=O)C=Cc1nn(Cc2ccc(F)cc2Cl)c2cc(C(F)(F)F)ccc12. The van der Waals surface area contributed by atoms with Gasteiger partial charge in [-0.3, -0.25) is 14.9 Å². The van der Waals surface area contributed by atoms with Gasteiger partial charge in [0, 0.05) is 16.5 Å². The second-order valence-electron chi connectivity index (χ2n) is 5.85. The van der Waals surface area contributed by atoms with Gasteiger partial charge in [0.05, 0.1) is 23.3 Å². The van der Waals surface area contributed by atoms with Crippen LogP contribution in [0.5, 0.6) is 0 Å². The summed E-state index contributed by atoms with van der Waals surface area (Å²) in [5.74, 6) is 3.87. The number of hydrazine groups is 1. The number of halogens is 5. The number of carbonyl (C=O) groups excluding carboxylic acids is 1. The lowest BCUT2D eigenvalue weighted by atomic mass is 10.1. The first-order valence-electron chi connectivity index (χ1n) is 7.89. The Kier molecular flexibility index (Phi) is 5.39. The quantitative estimate of drug-likeness (QED) is 0.224. The first-order valence-corrected chi connectivity index (χ1v) is 8.27. The molecule has 0 aliphatic carbocycles. The van der Waals surface area contributed by atoms with Crippen LogP contribution in [0.2, 0.25) is 5.02 Å². The van der Waals surface area contributed by atoms with E-state index in [1.165, 1.54) is 29.0 Å². The van der Waals surface area contributed by atoms with Crippen LogP contribution in [-0.2, 0) is 17.5 Å². The predicted octanol–water partition coefficient (Wildman–Crippen LogP) is 3.90. The Hall–Kier alpha value is -2.91. The molecule has 0 atom stereocenters. The Labute approximate surface area is 161 Å². The molecule has 1 heterocycles. The number of hydrogen-bond donors (Lipinski definition) is 2. The van der Waals surface area contributed by atoms with Crippen molar-refractivity contribution in [3.05, 3.63) is 70.1 Å². The van der Waals surface area contributed by atoms with Crippen molar-refractivity contribution in [1.29, 1.82) is 0 Å². The molecule has 0 saturated carbocycles. The van der Waals surface area contributed by atoms with E-state index in [0.717, 1.165) is 24.3 Å². The maximum Gasteiger partial charge on any atom is 0.416 e. The van der Waals surface area contributed by atoms with Gasteiger partial charge < -0.3 is 0 Å². The normalized spacial score (nSPS) is 12.1. The molecule has 0 unspecified atom stereocenters. The number of nitrogens with two attached hydrogens (primary N) is 1. The van der Waals surface area contributed by atoms with Crippen molar-refractivity contribution in [2.45, 2.75) is 12.7 Å². The molecule has 3 N–H and O–H groups in total. The molecular formula is C18H13ClF4N4O. The van der Waals surface area contributed by atoms with Crippen LogP contribution in [0.15, 0.2) is 42.5 Å². The number of aromatic nitrogens is 2. The molecule has 3 aromatic rings. The van der Waals surface area contributed by atoms with Crippen LogP contribution in [0.4, 0.5) is 17.6 Å². The molecule has 0 bridgehead atoms. The van der Waals surface area contributed by atoms with E-state index < -0.39 is 23.5 Å². The summed E-state index contributed by atoms with van der Waals surface area (Å²) in [6.07, 6.45) is -2.10. The third-order valence-corrected chi connectivity index (χ3v) is 4.33. The number of rotatable bonds is 4. The summed E-state index contributed by atoms with van der Waals surface area (Å²) in [6, 6.07) is 6.89. The highest BCUT2D eigenvalue weighted by molar-refractivity contribution is 6.31. The number of hydrogen-bond acceptors (Lipinski definition) is 3. The zero-order valence-corrected chi connectivity index (χ0v) is 14.9. The molecule has 5 nitrogen and oxygen atoms in total. The van der Waals surface area contributed by atoms with E-state index in [2.05, 4.69) is 5.10 Å². The zero-order chi connectivity index (χ0) is 20.5. The number of nitrogens with one attached hydrogen (secondary N) is 1. The molecule has 0 spiro atoms. The van der Waals surface area contributed by atoms with Crippen molar-refractivity contribution in [3.63, 3.8) is 0 Å². The molecule has 2 aromatic carbocycles. The minimum Gasteiger partial charge on any atom is -0.291 e. The molecule has 28 heavy (non-hydrogen) atoms. The number of benzene rings is 2.